The lowest BCUT2D eigenvalue weighted by atomic mass is 10.0. The number of hydrogen-bond donors (Lipinski definition) is 0. The van der Waals surface area contributed by atoms with E-state index in [2.05, 4.69) is 47.8 Å². The van der Waals surface area contributed by atoms with Crippen molar-refractivity contribution in [1.29, 1.82) is 0 Å². The van der Waals surface area contributed by atoms with Crippen molar-refractivity contribution in [2.24, 2.45) is 0 Å². The van der Waals surface area contributed by atoms with Crippen LogP contribution in [0.5, 0.6) is 11.5 Å². The monoisotopic (exact) mass is 478 g/mol. The zero-order valence-corrected chi connectivity index (χ0v) is 15.5. The Balaban J connectivity index is 2.05. The minimum Gasteiger partial charge on any atom is -0.486 e. The third-order valence-corrected chi connectivity index (χ3v) is 5.70. The van der Waals surface area contributed by atoms with Gasteiger partial charge in [0.25, 0.3) is 0 Å². The molecule has 1 aliphatic rings. The smallest absolute Gasteiger partial charge is 0.162 e. The van der Waals surface area contributed by atoms with Crippen LogP contribution in [0, 0.1) is 5.82 Å². The topological polar surface area (TPSA) is 18.5 Å². The standard InChI is InChI=1S/C15H10Br3FO2/c16-10-7-13-12(20-4-5-21-13)6-9(10)14(17)8-2-1-3-11(19)15(8)18/h1-3,6-7,14H,4-5H2. The van der Waals surface area contributed by atoms with Gasteiger partial charge in [-0.2, -0.15) is 0 Å². The van der Waals surface area contributed by atoms with Crippen molar-refractivity contribution in [3.63, 3.8) is 0 Å². The Morgan fingerprint density at radius 2 is 1.67 bits per heavy atom. The Labute approximate surface area is 147 Å². The van der Waals surface area contributed by atoms with Gasteiger partial charge in [-0.05, 0) is 45.3 Å². The van der Waals surface area contributed by atoms with Crippen molar-refractivity contribution < 1.29 is 13.9 Å². The number of ether oxygens (including phenoxy) is 2. The first-order valence-corrected chi connectivity index (χ1v) is 8.75. The molecule has 0 amide bonds. The van der Waals surface area contributed by atoms with Crippen LogP contribution in [0.1, 0.15) is 16.0 Å². The molecule has 0 aliphatic carbocycles. The lowest BCUT2D eigenvalue weighted by Gasteiger charge is -2.22. The summed E-state index contributed by atoms with van der Waals surface area (Å²) >= 11 is 10.5. The van der Waals surface area contributed by atoms with E-state index in [-0.39, 0.29) is 10.6 Å². The van der Waals surface area contributed by atoms with Gasteiger partial charge in [0.1, 0.15) is 19.0 Å². The summed E-state index contributed by atoms with van der Waals surface area (Å²) < 4.78 is 26.2. The largest absolute Gasteiger partial charge is 0.486 e. The van der Waals surface area contributed by atoms with Crippen LogP contribution >= 0.6 is 47.8 Å². The van der Waals surface area contributed by atoms with Gasteiger partial charge in [-0.15, -0.1) is 0 Å². The van der Waals surface area contributed by atoms with Crippen LogP contribution in [-0.4, -0.2) is 13.2 Å². The SMILES string of the molecule is Fc1cccc(C(Br)c2cc3c(cc2Br)OCCO3)c1Br. The van der Waals surface area contributed by atoms with E-state index in [9.17, 15) is 4.39 Å². The fraction of sp³-hybridized carbons (Fsp3) is 0.200. The molecule has 1 atom stereocenters. The van der Waals surface area contributed by atoms with E-state index in [1.54, 1.807) is 6.07 Å². The van der Waals surface area contributed by atoms with E-state index >= 15 is 0 Å². The Kier molecular flexibility index (Phi) is 4.57. The summed E-state index contributed by atoms with van der Waals surface area (Å²) in [5, 5.41) is 0. The third kappa shape index (κ3) is 2.98. The normalized spacial score (nSPS) is 14.9. The Morgan fingerprint density at radius 3 is 2.38 bits per heavy atom. The molecule has 6 heteroatoms. The summed E-state index contributed by atoms with van der Waals surface area (Å²) in [5.41, 5.74) is 1.76. The lowest BCUT2D eigenvalue weighted by Crippen LogP contribution is -2.15. The van der Waals surface area contributed by atoms with Gasteiger partial charge in [0.15, 0.2) is 11.5 Å². The maximum absolute atomic E-state index is 13.7. The van der Waals surface area contributed by atoms with E-state index in [0.717, 1.165) is 21.3 Å². The second-order valence-electron chi connectivity index (χ2n) is 4.52. The third-order valence-electron chi connectivity index (χ3n) is 3.19. The van der Waals surface area contributed by atoms with Crippen LogP contribution in [0.15, 0.2) is 39.3 Å². The molecule has 110 valence electrons. The van der Waals surface area contributed by atoms with Crippen molar-refractivity contribution >= 4 is 47.8 Å². The van der Waals surface area contributed by atoms with E-state index in [1.165, 1.54) is 6.07 Å². The maximum Gasteiger partial charge on any atom is 0.162 e. The second-order valence-corrected chi connectivity index (χ2v) is 7.09. The first-order valence-electron chi connectivity index (χ1n) is 6.25. The average molecular weight is 481 g/mol. The highest BCUT2D eigenvalue weighted by molar-refractivity contribution is 9.11. The molecule has 1 aliphatic heterocycles. The molecule has 21 heavy (non-hydrogen) atoms. The summed E-state index contributed by atoms with van der Waals surface area (Å²) in [7, 11) is 0. The van der Waals surface area contributed by atoms with Crippen molar-refractivity contribution in [1.82, 2.24) is 0 Å². The molecule has 0 saturated carbocycles. The first kappa shape index (κ1) is 15.3. The molecule has 0 fully saturated rings. The molecule has 0 radical (unpaired) electrons. The highest BCUT2D eigenvalue weighted by atomic mass is 79.9. The van der Waals surface area contributed by atoms with Crippen molar-refractivity contribution in [3.8, 4) is 11.5 Å². The van der Waals surface area contributed by atoms with Gasteiger partial charge in [-0.1, -0.05) is 44.0 Å². The molecule has 1 unspecified atom stereocenters. The zero-order valence-electron chi connectivity index (χ0n) is 10.7. The van der Waals surface area contributed by atoms with Gasteiger partial charge >= 0.3 is 0 Å². The molecule has 0 spiro atoms. The predicted octanol–water partition coefficient (Wildman–Crippen LogP) is 5.61. The number of halogens is 4. The first-order chi connectivity index (χ1) is 10.1. The fourth-order valence-corrected chi connectivity index (χ4v) is 4.58. The minimum absolute atomic E-state index is 0.173. The van der Waals surface area contributed by atoms with Gasteiger partial charge in [0.05, 0.1) is 9.30 Å². The number of benzene rings is 2. The maximum atomic E-state index is 13.7. The molecular weight excluding hydrogens is 471 g/mol. The van der Waals surface area contributed by atoms with Gasteiger partial charge in [-0.3, -0.25) is 0 Å². The quantitative estimate of drug-likeness (QED) is 0.520. The summed E-state index contributed by atoms with van der Waals surface area (Å²) in [4.78, 5) is -0.173. The molecule has 2 nitrogen and oxygen atoms in total. The van der Waals surface area contributed by atoms with Crippen LogP contribution in [0.4, 0.5) is 4.39 Å². The van der Waals surface area contributed by atoms with Crippen LogP contribution in [0.3, 0.4) is 0 Å². The predicted molar refractivity (Wildman–Crippen MR) is 90.0 cm³/mol. The van der Waals surface area contributed by atoms with Crippen LogP contribution in [0.25, 0.3) is 0 Å². The highest BCUT2D eigenvalue weighted by Gasteiger charge is 2.22. The Morgan fingerprint density at radius 1 is 1.00 bits per heavy atom. The minimum atomic E-state index is -0.286. The van der Waals surface area contributed by atoms with Gasteiger partial charge in [0.2, 0.25) is 0 Å². The van der Waals surface area contributed by atoms with Crippen molar-refractivity contribution in [2.75, 3.05) is 13.2 Å². The number of rotatable bonds is 2. The average Bonchev–Trinajstić information content (AvgIpc) is 2.48. The van der Waals surface area contributed by atoms with Crippen LogP contribution < -0.4 is 9.47 Å². The number of hydrogen-bond acceptors (Lipinski definition) is 2. The Bertz CT molecular complexity index is 691. The zero-order chi connectivity index (χ0) is 15.0. The second kappa shape index (κ2) is 6.26. The summed E-state index contributed by atoms with van der Waals surface area (Å²) in [6.07, 6.45) is 0. The van der Waals surface area contributed by atoms with E-state index in [0.29, 0.717) is 23.4 Å². The van der Waals surface area contributed by atoms with Crippen molar-refractivity contribution in [3.05, 3.63) is 56.2 Å². The molecule has 0 N–H and O–H groups in total. The molecular formula is C15H10Br3FO2. The van der Waals surface area contributed by atoms with Gasteiger partial charge in [-0.25, -0.2) is 4.39 Å². The summed E-state index contributed by atoms with van der Waals surface area (Å²) in [5.74, 6) is 1.14. The summed E-state index contributed by atoms with van der Waals surface area (Å²) in [6.45, 7) is 1.08. The van der Waals surface area contributed by atoms with Gasteiger partial charge in [0, 0.05) is 4.47 Å². The van der Waals surface area contributed by atoms with Crippen LogP contribution in [-0.2, 0) is 0 Å². The summed E-state index contributed by atoms with van der Waals surface area (Å²) in [6, 6.07) is 8.78. The fourth-order valence-electron chi connectivity index (χ4n) is 2.16. The van der Waals surface area contributed by atoms with Gasteiger partial charge < -0.3 is 9.47 Å². The molecule has 2 aromatic rings. The number of alkyl halides is 1. The molecule has 0 saturated heterocycles. The van der Waals surface area contributed by atoms with E-state index in [4.69, 9.17) is 9.47 Å². The van der Waals surface area contributed by atoms with Crippen molar-refractivity contribution in [2.45, 2.75) is 4.83 Å². The molecule has 2 aromatic carbocycles. The van der Waals surface area contributed by atoms with Crippen LogP contribution in [0.2, 0.25) is 0 Å². The van der Waals surface area contributed by atoms with E-state index in [1.807, 2.05) is 18.2 Å². The molecule has 0 aromatic heterocycles. The molecule has 1 heterocycles. The number of fused-ring (bicyclic) bond motifs is 1. The van der Waals surface area contributed by atoms with E-state index < -0.39 is 0 Å². The highest BCUT2D eigenvalue weighted by Crippen LogP contribution is 2.44. The Hall–Kier alpha value is -0.590. The lowest BCUT2D eigenvalue weighted by molar-refractivity contribution is 0.171. The molecule has 3 rings (SSSR count). The molecule has 0 bridgehead atoms.